The van der Waals surface area contributed by atoms with Gasteiger partial charge in [0.25, 0.3) is 5.91 Å². The number of nitrogens with zero attached hydrogens (tertiary/aromatic N) is 5. The Hall–Kier alpha value is -3.70. The molecule has 11 heteroatoms. The summed E-state index contributed by atoms with van der Waals surface area (Å²) in [6, 6.07) is 6.76. The van der Waals surface area contributed by atoms with Gasteiger partial charge in [-0.25, -0.2) is 13.8 Å². The van der Waals surface area contributed by atoms with Crippen molar-refractivity contribution in [3.63, 3.8) is 0 Å². The standard InChI is InChI=1S/C36H42F2N6O3/c1-3-24-26(38)7-5-20-13-23(45)14-29(30(20)24)42-12-9-25-28(18-42)40-34(47-19-36-10-4-11-43(36)16-21(37)15-36)33-31(25)44-17-22-6-8-27(39-22)32(44)35(46)41(33)2/h5,7,13-14,21-22,27,32,39,45H,3-4,6,8-12,15-19H2,1-2H3/t21-,22?,27?,32?,36+/m1/s1. The lowest BCUT2D eigenvalue weighted by molar-refractivity contribution is -0.120. The van der Waals surface area contributed by atoms with Crippen molar-refractivity contribution in [3.05, 3.63) is 46.9 Å². The van der Waals surface area contributed by atoms with Crippen LogP contribution in [-0.2, 0) is 24.2 Å². The van der Waals surface area contributed by atoms with E-state index >= 15 is 4.39 Å². The maximum Gasteiger partial charge on any atom is 0.251 e. The second kappa shape index (κ2) is 10.7. The lowest BCUT2D eigenvalue weighted by atomic mass is 9.92. The Balaban J connectivity index is 1.17. The number of pyridine rings is 1. The number of fused-ring (bicyclic) bond motifs is 10. The number of likely N-dealkylation sites (N-methyl/N-ethyl adjacent to an activating group) is 1. The highest BCUT2D eigenvalue weighted by molar-refractivity contribution is 6.08. The second-order valence-corrected chi connectivity index (χ2v) is 14.6. The number of aromatic hydroxyl groups is 1. The Bertz CT molecular complexity index is 1800. The summed E-state index contributed by atoms with van der Waals surface area (Å²) in [6.07, 6.45) is 4.69. The number of rotatable bonds is 5. The van der Waals surface area contributed by atoms with Gasteiger partial charge in [-0.2, -0.15) is 0 Å². The van der Waals surface area contributed by atoms with E-state index in [1.54, 1.807) is 23.1 Å². The largest absolute Gasteiger partial charge is 0.508 e. The number of carbonyl (C=O) groups is 1. The lowest BCUT2D eigenvalue weighted by Gasteiger charge is -2.49. The van der Waals surface area contributed by atoms with Crippen LogP contribution in [0.4, 0.5) is 25.8 Å². The van der Waals surface area contributed by atoms with Crippen LogP contribution in [0.15, 0.2) is 24.3 Å². The zero-order valence-electron chi connectivity index (χ0n) is 27.1. The number of carbonyl (C=O) groups excluding carboxylic acids is 1. The van der Waals surface area contributed by atoms with Gasteiger partial charge in [0.05, 0.1) is 23.5 Å². The van der Waals surface area contributed by atoms with E-state index < -0.39 is 6.17 Å². The molecule has 0 radical (unpaired) electrons. The Morgan fingerprint density at radius 3 is 2.89 bits per heavy atom. The number of anilines is 3. The third-order valence-corrected chi connectivity index (χ3v) is 12.0. The number of amides is 1. The third kappa shape index (κ3) is 4.38. The number of phenolic OH excluding ortho intramolecular Hbond substituents is 1. The summed E-state index contributed by atoms with van der Waals surface area (Å²) in [7, 11) is 1.84. The first-order valence-corrected chi connectivity index (χ1v) is 17.3. The SMILES string of the molecule is CCc1c(F)ccc2cc(O)cc(N3CCc4c(nc(OC[C@@]56CCCN5C[C@H](F)C6)c5c4N4CC6CCC(N6)C4C(=O)N5C)C3)c12. The van der Waals surface area contributed by atoms with Crippen LogP contribution in [0.25, 0.3) is 10.8 Å². The van der Waals surface area contributed by atoms with Gasteiger partial charge in [0.2, 0.25) is 5.88 Å². The van der Waals surface area contributed by atoms with Crippen LogP contribution in [0, 0.1) is 5.82 Å². The topological polar surface area (TPSA) is 84.4 Å². The van der Waals surface area contributed by atoms with Crippen LogP contribution in [0.2, 0.25) is 0 Å². The van der Waals surface area contributed by atoms with Crippen molar-refractivity contribution in [3.8, 4) is 11.6 Å². The van der Waals surface area contributed by atoms with Crippen molar-refractivity contribution in [1.29, 1.82) is 0 Å². The van der Waals surface area contributed by atoms with Crippen molar-refractivity contribution < 1.29 is 23.4 Å². The summed E-state index contributed by atoms with van der Waals surface area (Å²) < 4.78 is 36.5. The van der Waals surface area contributed by atoms with E-state index in [2.05, 4.69) is 20.0 Å². The number of piperazine rings is 1. The molecule has 4 saturated heterocycles. The Morgan fingerprint density at radius 1 is 1.17 bits per heavy atom. The van der Waals surface area contributed by atoms with Gasteiger partial charge >= 0.3 is 0 Å². The molecule has 2 N–H and O–H groups in total. The van der Waals surface area contributed by atoms with E-state index in [1.165, 1.54) is 6.07 Å². The molecule has 0 aliphatic carbocycles. The zero-order valence-corrected chi connectivity index (χ0v) is 27.1. The Labute approximate surface area is 273 Å². The fourth-order valence-electron chi connectivity index (χ4n) is 9.82. The first kappa shape index (κ1) is 29.4. The molecule has 9 nitrogen and oxygen atoms in total. The molecule has 9 rings (SSSR count). The molecule has 3 aromatic rings. The van der Waals surface area contributed by atoms with Crippen LogP contribution in [0.1, 0.15) is 55.8 Å². The van der Waals surface area contributed by atoms with E-state index in [1.807, 2.05) is 14.0 Å². The van der Waals surface area contributed by atoms with Gasteiger partial charge in [0.1, 0.15) is 36.1 Å². The van der Waals surface area contributed by atoms with Crippen molar-refractivity contribution in [2.75, 3.05) is 54.5 Å². The molecule has 3 unspecified atom stereocenters. The average Bonchev–Trinajstić information content (AvgIpc) is 3.72. The van der Waals surface area contributed by atoms with Gasteiger partial charge in [-0.1, -0.05) is 13.0 Å². The number of ether oxygens (including phenoxy) is 1. The maximum absolute atomic E-state index is 15.1. The number of alkyl halides is 1. The fraction of sp³-hybridized carbons (Fsp3) is 0.556. The predicted octanol–water partition coefficient (Wildman–Crippen LogP) is 4.45. The summed E-state index contributed by atoms with van der Waals surface area (Å²) in [5.41, 5.74) is 4.79. The minimum absolute atomic E-state index is 0.0464. The highest BCUT2D eigenvalue weighted by atomic mass is 19.1. The molecule has 0 saturated carbocycles. The molecule has 5 atom stereocenters. The van der Waals surface area contributed by atoms with E-state index in [0.29, 0.717) is 68.7 Å². The molecule has 248 valence electrons. The molecule has 4 fully saturated rings. The molecular weight excluding hydrogens is 602 g/mol. The summed E-state index contributed by atoms with van der Waals surface area (Å²) in [5, 5.41) is 16.0. The fourth-order valence-corrected chi connectivity index (χ4v) is 9.82. The van der Waals surface area contributed by atoms with Crippen molar-refractivity contribution >= 4 is 33.7 Å². The number of halogens is 2. The van der Waals surface area contributed by atoms with Crippen LogP contribution in [-0.4, -0.2) is 90.6 Å². The normalized spacial score (nSPS) is 29.7. The summed E-state index contributed by atoms with van der Waals surface area (Å²) in [4.78, 5) is 27.7. The minimum Gasteiger partial charge on any atom is -0.508 e. The van der Waals surface area contributed by atoms with Gasteiger partial charge in [-0.05, 0) is 68.2 Å². The van der Waals surface area contributed by atoms with E-state index in [9.17, 15) is 14.3 Å². The van der Waals surface area contributed by atoms with Gasteiger partial charge in [-0.3, -0.25) is 9.69 Å². The molecule has 7 heterocycles. The lowest BCUT2D eigenvalue weighted by Crippen LogP contribution is -2.66. The monoisotopic (exact) mass is 644 g/mol. The molecule has 6 aliphatic rings. The quantitative estimate of drug-likeness (QED) is 0.422. The van der Waals surface area contributed by atoms with Crippen LogP contribution < -0.4 is 24.8 Å². The van der Waals surface area contributed by atoms with E-state index in [0.717, 1.165) is 72.2 Å². The number of nitrogens with one attached hydrogen (secondary N) is 1. The molecule has 47 heavy (non-hydrogen) atoms. The average molecular weight is 645 g/mol. The molecule has 6 aliphatic heterocycles. The zero-order chi connectivity index (χ0) is 32.2. The van der Waals surface area contributed by atoms with Gasteiger partial charge in [0.15, 0.2) is 0 Å². The highest BCUT2D eigenvalue weighted by Crippen LogP contribution is 2.50. The molecular formula is C36H42F2N6O3. The third-order valence-electron chi connectivity index (χ3n) is 12.0. The van der Waals surface area contributed by atoms with Crippen LogP contribution in [0.3, 0.4) is 0 Å². The first-order chi connectivity index (χ1) is 22.7. The molecule has 0 spiro atoms. The number of hydrogen-bond acceptors (Lipinski definition) is 8. The van der Waals surface area contributed by atoms with Gasteiger partial charge in [0, 0.05) is 67.9 Å². The van der Waals surface area contributed by atoms with Crippen molar-refractivity contribution in [2.45, 2.75) is 88.3 Å². The molecule has 1 aromatic heterocycles. The highest BCUT2D eigenvalue weighted by Gasteiger charge is 2.52. The number of aryl methyl sites for hydroxylation is 1. The number of hydrogen-bond donors (Lipinski definition) is 2. The second-order valence-electron chi connectivity index (χ2n) is 14.6. The van der Waals surface area contributed by atoms with Crippen molar-refractivity contribution in [2.24, 2.45) is 0 Å². The summed E-state index contributed by atoms with van der Waals surface area (Å²) in [5.74, 6) is 0.356. The van der Waals surface area contributed by atoms with Gasteiger partial charge < -0.3 is 29.9 Å². The van der Waals surface area contributed by atoms with E-state index in [4.69, 9.17) is 9.72 Å². The summed E-state index contributed by atoms with van der Waals surface area (Å²) >= 11 is 0. The number of aromatic nitrogens is 1. The van der Waals surface area contributed by atoms with Crippen LogP contribution >= 0.6 is 0 Å². The van der Waals surface area contributed by atoms with Crippen molar-refractivity contribution in [1.82, 2.24) is 15.2 Å². The maximum atomic E-state index is 15.1. The molecule has 1 amide bonds. The smallest absolute Gasteiger partial charge is 0.251 e. The number of benzene rings is 2. The predicted molar refractivity (Wildman–Crippen MR) is 177 cm³/mol. The van der Waals surface area contributed by atoms with E-state index in [-0.39, 0.29) is 35.1 Å². The summed E-state index contributed by atoms with van der Waals surface area (Å²) in [6.45, 7) is 5.42. The Kier molecular flexibility index (Phi) is 6.67. The number of phenols is 1. The molecule has 2 bridgehead atoms. The van der Waals surface area contributed by atoms with Gasteiger partial charge in [-0.15, -0.1) is 0 Å². The minimum atomic E-state index is -0.867. The molecule has 2 aromatic carbocycles. The first-order valence-electron chi connectivity index (χ1n) is 17.3. The Morgan fingerprint density at radius 2 is 2.04 bits per heavy atom. The van der Waals surface area contributed by atoms with Crippen LogP contribution in [0.5, 0.6) is 11.6 Å².